The number of hydrogen-bond donors (Lipinski definition) is 0. The molecule has 0 fully saturated rings. The molecule has 17 heavy (non-hydrogen) atoms. The van der Waals surface area contributed by atoms with Gasteiger partial charge in [0.2, 0.25) is 0 Å². The third-order valence-corrected chi connectivity index (χ3v) is 3.99. The second-order valence-electron chi connectivity index (χ2n) is 3.82. The van der Waals surface area contributed by atoms with Crippen molar-refractivity contribution in [3.63, 3.8) is 0 Å². The maximum atomic E-state index is 6.42. The first-order chi connectivity index (χ1) is 8.10. The number of halogens is 2. The van der Waals surface area contributed by atoms with Gasteiger partial charge in [0, 0.05) is 10.2 Å². The predicted octanol–water partition coefficient (Wildman–Crippen LogP) is 4.53. The van der Waals surface area contributed by atoms with Gasteiger partial charge in [-0.1, -0.05) is 18.5 Å². The Bertz CT molecular complexity index is 583. The lowest BCUT2D eigenvalue weighted by Gasteiger charge is -2.12. The molecule has 2 rings (SSSR count). The molecule has 1 heterocycles. The topological polar surface area (TPSA) is 22.1 Å². The number of nitrogens with zero attached hydrogens (tertiary/aromatic N) is 1. The van der Waals surface area contributed by atoms with Gasteiger partial charge in [-0.05, 0) is 47.0 Å². The molecule has 90 valence electrons. The van der Waals surface area contributed by atoms with E-state index in [1.807, 2.05) is 19.1 Å². The molecule has 2 aromatic rings. The van der Waals surface area contributed by atoms with Crippen molar-refractivity contribution < 1.29 is 4.74 Å². The van der Waals surface area contributed by atoms with Gasteiger partial charge in [-0.2, -0.15) is 0 Å². The Kier molecular flexibility index (Phi) is 3.59. The van der Waals surface area contributed by atoms with Gasteiger partial charge in [-0.15, -0.1) is 0 Å². The molecule has 1 aromatic carbocycles. The molecule has 1 aromatic heterocycles. The second kappa shape index (κ2) is 4.83. The first-order valence-electron chi connectivity index (χ1n) is 5.41. The lowest BCUT2D eigenvalue weighted by Crippen LogP contribution is -1.97. The fourth-order valence-electron chi connectivity index (χ4n) is 1.92. The summed E-state index contributed by atoms with van der Waals surface area (Å²) in [6.45, 7) is 4.07. The Labute approximate surface area is 114 Å². The Balaban J connectivity index is 2.94. The standard InChI is InChI=1S/C13H13BrClNO/c1-4-9-7(2)12(15)11-10(17-3)6-5-8(14)13(11)16-9/h5-6H,4H2,1-3H3. The van der Waals surface area contributed by atoms with E-state index in [0.29, 0.717) is 0 Å². The van der Waals surface area contributed by atoms with Crippen molar-refractivity contribution >= 4 is 38.4 Å². The lowest BCUT2D eigenvalue weighted by atomic mass is 10.1. The number of fused-ring (bicyclic) bond motifs is 1. The molecule has 0 radical (unpaired) electrons. The first-order valence-corrected chi connectivity index (χ1v) is 6.58. The van der Waals surface area contributed by atoms with Gasteiger partial charge in [-0.3, -0.25) is 4.98 Å². The molecule has 0 aliphatic carbocycles. The number of hydrogen-bond acceptors (Lipinski definition) is 2. The summed E-state index contributed by atoms with van der Waals surface area (Å²) in [7, 11) is 1.64. The summed E-state index contributed by atoms with van der Waals surface area (Å²) < 4.78 is 6.28. The van der Waals surface area contributed by atoms with Gasteiger partial charge < -0.3 is 4.74 Å². The molecule has 0 unspecified atom stereocenters. The van der Waals surface area contributed by atoms with Crippen molar-refractivity contribution in [3.8, 4) is 5.75 Å². The number of rotatable bonds is 2. The normalized spacial score (nSPS) is 10.9. The van der Waals surface area contributed by atoms with Crippen molar-refractivity contribution in [2.45, 2.75) is 20.3 Å². The van der Waals surface area contributed by atoms with E-state index in [9.17, 15) is 0 Å². The van der Waals surface area contributed by atoms with Gasteiger partial charge in [0.15, 0.2) is 0 Å². The summed E-state index contributed by atoms with van der Waals surface area (Å²) >= 11 is 9.93. The minimum absolute atomic E-state index is 0.727. The number of methoxy groups -OCH3 is 1. The summed E-state index contributed by atoms with van der Waals surface area (Å²) in [6.07, 6.45) is 0.866. The van der Waals surface area contributed by atoms with Crippen molar-refractivity contribution in [3.05, 3.63) is 32.9 Å². The van der Waals surface area contributed by atoms with Crippen molar-refractivity contribution in [2.24, 2.45) is 0 Å². The average molecular weight is 315 g/mol. The summed E-state index contributed by atoms with van der Waals surface area (Å²) in [6, 6.07) is 3.82. The van der Waals surface area contributed by atoms with Crippen LogP contribution in [0.25, 0.3) is 10.9 Å². The minimum atomic E-state index is 0.727. The number of pyridine rings is 1. The third kappa shape index (κ3) is 2.02. The maximum absolute atomic E-state index is 6.42. The highest BCUT2D eigenvalue weighted by atomic mass is 79.9. The Morgan fingerprint density at radius 3 is 2.71 bits per heavy atom. The molecule has 4 heteroatoms. The van der Waals surface area contributed by atoms with Crippen LogP contribution >= 0.6 is 27.5 Å². The molecule has 0 bridgehead atoms. The predicted molar refractivity (Wildman–Crippen MR) is 75.1 cm³/mol. The van der Waals surface area contributed by atoms with Crippen molar-refractivity contribution in [2.75, 3.05) is 7.11 Å². The number of aromatic nitrogens is 1. The van der Waals surface area contributed by atoms with Crippen LogP contribution in [0, 0.1) is 6.92 Å². The highest BCUT2D eigenvalue weighted by Gasteiger charge is 2.15. The van der Waals surface area contributed by atoms with E-state index in [1.165, 1.54) is 0 Å². The molecule has 2 nitrogen and oxygen atoms in total. The summed E-state index contributed by atoms with van der Waals surface area (Å²) in [5.74, 6) is 0.756. The third-order valence-electron chi connectivity index (χ3n) is 2.87. The van der Waals surface area contributed by atoms with E-state index in [0.717, 1.165) is 43.8 Å². The number of ether oxygens (including phenoxy) is 1. The molecule has 0 amide bonds. The van der Waals surface area contributed by atoms with E-state index in [-0.39, 0.29) is 0 Å². The van der Waals surface area contributed by atoms with E-state index in [4.69, 9.17) is 16.3 Å². The maximum Gasteiger partial charge on any atom is 0.129 e. The average Bonchev–Trinajstić information content (AvgIpc) is 2.34. The zero-order chi connectivity index (χ0) is 12.6. The molecule has 0 aliphatic heterocycles. The van der Waals surface area contributed by atoms with Crippen LogP contribution in [-0.4, -0.2) is 12.1 Å². The van der Waals surface area contributed by atoms with Gasteiger partial charge >= 0.3 is 0 Å². The van der Waals surface area contributed by atoms with Gasteiger partial charge in [0.25, 0.3) is 0 Å². The monoisotopic (exact) mass is 313 g/mol. The van der Waals surface area contributed by atoms with E-state index < -0.39 is 0 Å². The highest BCUT2D eigenvalue weighted by molar-refractivity contribution is 9.10. The number of benzene rings is 1. The van der Waals surface area contributed by atoms with Crippen LogP contribution in [0.15, 0.2) is 16.6 Å². The van der Waals surface area contributed by atoms with Crippen LogP contribution in [0.2, 0.25) is 5.02 Å². The van der Waals surface area contributed by atoms with E-state index >= 15 is 0 Å². The highest BCUT2D eigenvalue weighted by Crippen LogP contribution is 2.37. The Hall–Kier alpha value is -0.800. The van der Waals surface area contributed by atoms with Gasteiger partial charge in [0.1, 0.15) is 5.75 Å². The minimum Gasteiger partial charge on any atom is -0.496 e. The van der Waals surface area contributed by atoms with Crippen molar-refractivity contribution in [1.29, 1.82) is 0 Å². The molecular formula is C13H13BrClNO. The SMILES string of the molecule is CCc1nc2c(Br)ccc(OC)c2c(Cl)c1C. The molecule has 0 atom stereocenters. The summed E-state index contributed by atoms with van der Waals surface area (Å²) in [5, 5.41) is 1.60. The van der Waals surface area contributed by atoms with Crippen LogP contribution in [0.3, 0.4) is 0 Å². The fourth-order valence-corrected chi connectivity index (χ4v) is 2.63. The fraction of sp³-hybridized carbons (Fsp3) is 0.308. The quantitative estimate of drug-likeness (QED) is 0.812. The molecule has 0 saturated heterocycles. The van der Waals surface area contributed by atoms with Crippen LogP contribution in [0.4, 0.5) is 0 Å². The number of aryl methyl sites for hydroxylation is 1. The zero-order valence-electron chi connectivity index (χ0n) is 9.97. The molecule has 0 aliphatic rings. The van der Waals surface area contributed by atoms with Crippen molar-refractivity contribution in [1.82, 2.24) is 4.98 Å². The second-order valence-corrected chi connectivity index (χ2v) is 5.06. The molecule has 0 spiro atoms. The van der Waals surface area contributed by atoms with Gasteiger partial charge in [-0.25, -0.2) is 0 Å². The van der Waals surface area contributed by atoms with Crippen LogP contribution in [-0.2, 0) is 6.42 Å². The molecule has 0 saturated carbocycles. The van der Waals surface area contributed by atoms with E-state index in [2.05, 4.69) is 27.8 Å². The van der Waals surface area contributed by atoms with Crippen LogP contribution in [0.1, 0.15) is 18.2 Å². The first kappa shape index (κ1) is 12.7. The molecule has 0 N–H and O–H groups in total. The smallest absolute Gasteiger partial charge is 0.129 e. The Morgan fingerprint density at radius 1 is 1.41 bits per heavy atom. The van der Waals surface area contributed by atoms with Crippen LogP contribution in [0.5, 0.6) is 5.75 Å². The van der Waals surface area contributed by atoms with Crippen LogP contribution < -0.4 is 4.74 Å². The lowest BCUT2D eigenvalue weighted by molar-refractivity contribution is 0.419. The van der Waals surface area contributed by atoms with E-state index in [1.54, 1.807) is 7.11 Å². The molecular weight excluding hydrogens is 302 g/mol. The largest absolute Gasteiger partial charge is 0.496 e. The zero-order valence-corrected chi connectivity index (χ0v) is 12.3. The Morgan fingerprint density at radius 2 is 2.12 bits per heavy atom. The van der Waals surface area contributed by atoms with Gasteiger partial charge in [0.05, 0.1) is 23.0 Å². The summed E-state index contributed by atoms with van der Waals surface area (Å²) in [5.41, 5.74) is 2.91. The summed E-state index contributed by atoms with van der Waals surface area (Å²) in [4.78, 5) is 4.65.